The minimum Gasteiger partial charge on any atom is -0.482 e. The monoisotopic (exact) mass is 414 g/mol. The molecule has 0 amide bonds. The van der Waals surface area contributed by atoms with E-state index < -0.39 is 5.97 Å². The first-order valence-electron chi connectivity index (χ1n) is 9.32. The molecule has 152 valence electrons. The number of carbonyl (C=O) groups is 1. The molecule has 0 bridgehead atoms. The van der Waals surface area contributed by atoms with E-state index in [1.807, 2.05) is 45.9 Å². The second-order valence-electron chi connectivity index (χ2n) is 7.26. The molecule has 0 saturated carbocycles. The van der Waals surface area contributed by atoms with Crippen LogP contribution in [0.25, 0.3) is 5.65 Å². The lowest BCUT2D eigenvalue weighted by atomic mass is 10.0. The molecular formula is C22H23ClN2O4. The van der Waals surface area contributed by atoms with Crippen LogP contribution in [0.4, 0.5) is 0 Å². The van der Waals surface area contributed by atoms with Crippen LogP contribution < -0.4 is 10.3 Å². The van der Waals surface area contributed by atoms with Crippen LogP contribution >= 0.6 is 11.6 Å². The quantitative estimate of drug-likeness (QED) is 0.565. The van der Waals surface area contributed by atoms with Crippen molar-refractivity contribution in [1.29, 1.82) is 0 Å². The molecule has 0 spiro atoms. The van der Waals surface area contributed by atoms with E-state index in [1.54, 1.807) is 12.3 Å². The van der Waals surface area contributed by atoms with Crippen LogP contribution in [0.5, 0.6) is 5.75 Å². The molecule has 2 aromatic heterocycles. The molecule has 2 heterocycles. The van der Waals surface area contributed by atoms with Gasteiger partial charge in [-0.2, -0.15) is 0 Å². The van der Waals surface area contributed by atoms with Gasteiger partial charge in [0, 0.05) is 17.3 Å². The van der Waals surface area contributed by atoms with Crippen LogP contribution in [0.3, 0.4) is 0 Å². The first-order chi connectivity index (χ1) is 13.7. The molecule has 6 nitrogen and oxygen atoms in total. The van der Waals surface area contributed by atoms with Crippen molar-refractivity contribution < 1.29 is 14.3 Å². The van der Waals surface area contributed by atoms with Crippen molar-refractivity contribution in [1.82, 2.24) is 9.38 Å². The van der Waals surface area contributed by atoms with Crippen LogP contribution in [0.15, 0.2) is 41.3 Å². The lowest BCUT2D eigenvalue weighted by Crippen LogP contribution is -2.19. The van der Waals surface area contributed by atoms with Crippen molar-refractivity contribution >= 4 is 23.2 Å². The van der Waals surface area contributed by atoms with E-state index in [0.29, 0.717) is 22.1 Å². The third kappa shape index (κ3) is 4.95. The smallest absolute Gasteiger partial charge is 0.344 e. The van der Waals surface area contributed by atoms with Crippen LogP contribution in [-0.2, 0) is 16.1 Å². The summed E-state index contributed by atoms with van der Waals surface area (Å²) in [6, 6.07) is 8.66. The fraction of sp³-hybridized carbons (Fsp3) is 0.318. The third-order valence-corrected chi connectivity index (χ3v) is 4.91. The number of hydrogen-bond donors (Lipinski definition) is 0. The van der Waals surface area contributed by atoms with Crippen LogP contribution in [-0.4, -0.2) is 22.0 Å². The molecule has 1 aromatic carbocycles. The molecule has 0 N–H and O–H groups in total. The summed E-state index contributed by atoms with van der Waals surface area (Å²) in [6.07, 6.45) is 1.72. The Morgan fingerprint density at radius 3 is 2.69 bits per heavy atom. The van der Waals surface area contributed by atoms with E-state index in [4.69, 9.17) is 21.1 Å². The van der Waals surface area contributed by atoms with Crippen molar-refractivity contribution in [2.24, 2.45) is 0 Å². The molecule has 0 unspecified atom stereocenters. The highest BCUT2D eigenvalue weighted by Gasteiger charge is 2.14. The highest BCUT2D eigenvalue weighted by molar-refractivity contribution is 6.31. The van der Waals surface area contributed by atoms with Crippen molar-refractivity contribution in [3.63, 3.8) is 0 Å². The van der Waals surface area contributed by atoms with Gasteiger partial charge in [-0.05, 0) is 54.7 Å². The Hall–Kier alpha value is -2.86. The van der Waals surface area contributed by atoms with Crippen LogP contribution in [0.2, 0.25) is 5.02 Å². The normalized spacial score (nSPS) is 11.1. The molecule has 0 saturated heterocycles. The lowest BCUT2D eigenvalue weighted by molar-refractivity contribution is -0.147. The Labute approximate surface area is 174 Å². The number of nitrogens with zero attached hydrogens (tertiary/aromatic N) is 2. The average molecular weight is 415 g/mol. The zero-order valence-corrected chi connectivity index (χ0v) is 17.6. The highest BCUT2D eigenvalue weighted by atomic mass is 35.5. The Kier molecular flexibility index (Phi) is 6.23. The van der Waals surface area contributed by atoms with Crippen molar-refractivity contribution in [2.75, 3.05) is 6.61 Å². The Morgan fingerprint density at radius 1 is 1.21 bits per heavy atom. The molecule has 0 aliphatic rings. The van der Waals surface area contributed by atoms with Crippen molar-refractivity contribution in [2.45, 2.75) is 40.2 Å². The van der Waals surface area contributed by atoms with Gasteiger partial charge in [-0.25, -0.2) is 9.78 Å². The number of pyridine rings is 1. The standard InChI is InChI=1S/C22H23ClN2O4/c1-13(2)17-9-18(23)15(4)7-19(17)28-12-22(27)29-11-16-8-21(26)25-10-14(3)5-6-20(25)24-16/h5-10,13H,11-12H2,1-4H3. The molecule has 0 aliphatic carbocycles. The average Bonchev–Trinajstić information content (AvgIpc) is 2.67. The topological polar surface area (TPSA) is 69.9 Å². The van der Waals surface area contributed by atoms with E-state index >= 15 is 0 Å². The molecule has 7 heteroatoms. The number of hydrogen-bond acceptors (Lipinski definition) is 5. The molecular weight excluding hydrogens is 392 g/mol. The van der Waals surface area contributed by atoms with Gasteiger partial charge < -0.3 is 9.47 Å². The molecule has 3 aromatic rings. The number of aromatic nitrogens is 2. The Morgan fingerprint density at radius 2 is 1.97 bits per heavy atom. The molecule has 0 radical (unpaired) electrons. The Balaban J connectivity index is 1.65. The van der Waals surface area contributed by atoms with Crippen molar-refractivity contribution in [3.05, 3.63) is 74.3 Å². The third-order valence-electron chi connectivity index (χ3n) is 4.50. The summed E-state index contributed by atoms with van der Waals surface area (Å²) >= 11 is 6.19. The number of carbonyl (C=O) groups excluding carboxylic acids is 1. The van der Waals surface area contributed by atoms with Gasteiger partial charge in [-0.15, -0.1) is 0 Å². The maximum Gasteiger partial charge on any atom is 0.344 e. The zero-order valence-electron chi connectivity index (χ0n) is 16.9. The van der Waals surface area contributed by atoms with Gasteiger partial charge in [-0.3, -0.25) is 9.20 Å². The van der Waals surface area contributed by atoms with Gasteiger partial charge in [0.2, 0.25) is 0 Å². The largest absolute Gasteiger partial charge is 0.482 e. The van der Waals surface area contributed by atoms with Gasteiger partial charge >= 0.3 is 5.97 Å². The van der Waals surface area contributed by atoms with Crippen LogP contribution in [0.1, 0.15) is 42.1 Å². The number of benzene rings is 1. The SMILES string of the molecule is Cc1ccc2nc(COC(=O)COc3cc(C)c(Cl)cc3C(C)C)cc(=O)n2c1. The maximum atomic E-state index is 12.2. The summed E-state index contributed by atoms with van der Waals surface area (Å²) in [5.74, 6) is 0.257. The molecule has 0 fully saturated rings. The molecule has 29 heavy (non-hydrogen) atoms. The summed E-state index contributed by atoms with van der Waals surface area (Å²) in [4.78, 5) is 28.7. The van der Waals surface area contributed by atoms with Crippen LogP contribution in [0, 0.1) is 13.8 Å². The van der Waals surface area contributed by atoms with E-state index in [2.05, 4.69) is 4.98 Å². The molecule has 3 rings (SSSR count). The van der Waals surface area contributed by atoms with E-state index in [1.165, 1.54) is 10.5 Å². The summed E-state index contributed by atoms with van der Waals surface area (Å²) in [5.41, 5.74) is 3.42. The second-order valence-corrected chi connectivity index (χ2v) is 7.67. The Bertz CT molecular complexity index is 1120. The minimum atomic E-state index is -0.543. The van der Waals surface area contributed by atoms with E-state index in [9.17, 15) is 9.59 Å². The number of halogens is 1. The fourth-order valence-electron chi connectivity index (χ4n) is 2.91. The van der Waals surface area contributed by atoms with Gasteiger partial charge in [0.05, 0.1) is 5.69 Å². The highest BCUT2D eigenvalue weighted by Crippen LogP contribution is 2.32. The second kappa shape index (κ2) is 8.66. The molecule has 0 aliphatic heterocycles. The number of ether oxygens (including phenoxy) is 2. The summed E-state index contributed by atoms with van der Waals surface area (Å²) in [5, 5.41) is 0.660. The lowest BCUT2D eigenvalue weighted by Gasteiger charge is -2.15. The predicted octanol–water partition coefficient (Wildman–Crippen LogP) is 4.21. The minimum absolute atomic E-state index is 0.0987. The van der Waals surface area contributed by atoms with E-state index in [-0.39, 0.29) is 24.7 Å². The molecule has 0 atom stereocenters. The summed E-state index contributed by atoms with van der Waals surface area (Å²) < 4.78 is 12.4. The van der Waals surface area contributed by atoms with Gasteiger partial charge in [0.1, 0.15) is 18.0 Å². The predicted molar refractivity (Wildman–Crippen MR) is 112 cm³/mol. The van der Waals surface area contributed by atoms with Crippen molar-refractivity contribution in [3.8, 4) is 5.75 Å². The first-order valence-corrected chi connectivity index (χ1v) is 9.70. The summed E-state index contributed by atoms with van der Waals surface area (Å²) in [6.45, 7) is 7.48. The zero-order chi connectivity index (χ0) is 21.1. The number of esters is 1. The first kappa shape index (κ1) is 20.9. The number of fused-ring (bicyclic) bond motifs is 1. The van der Waals surface area contributed by atoms with Gasteiger partial charge in [0.25, 0.3) is 5.56 Å². The van der Waals surface area contributed by atoms with Gasteiger partial charge in [-0.1, -0.05) is 31.5 Å². The number of rotatable bonds is 6. The number of aryl methyl sites for hydroxylation is 2. The van der Waals surface area contributed by atoms with E-state index in [0.717, 1.165) is 16.7 Å². The fourth-order valence-corrected chi connectivity index (χ4v) is 3.08. The van der Waals surface area contributed by atoms with Gasteiger partial charge in [0.15, 0.2) is 6.61 Å². The maximum absolute atomic E-state index is 12.2. The summed E-state index contributed by atoms with van der Waals surface area (Å²) in [7, 11) is 0.